The Morgan fingerprint density at radius 3 is 2.56 bits per heavy atom. The summed E-state index contributed by atoms with van der Waals surface area (Å²) in [4.78, 5) is 2.45. The van der Waals surface area contributed by atoms with E-state index in [1.807, 2.05) is 6.07 Å². The van der Waals surface area contributed by atoms with Crippen LogP contribution in [0.3, 0.4) is 0 Å². The normalized spacial score (nSPS) is 15.8. The van der Waals surface area contributed by atoms with Gasteiger partial charge in [0.15, 0.2) is 5.82 Å². The number of hydrogen-bond acceptors (Lipinski definition) is 7. The lowest BCUT2D eigenvalue weighted by Gasteiger charge is -2.26. The van der Waals surface area contributed by atoms with Crippen molar-refractivity contribution in [2.45, 2.75) is 39.0 Å². The smallest absolute Gasteiger partial charge is 0.172 e. The van der Waals surface area contributed by atoms with Crippen molar-refractivity contribution in [1.82, 2.24) is 19.7 Å². The highest BCUT2D eigenvalue weighted by molar-refractivity contribution is 5.71. The average molecular weight is 492 g/mol. The van der Waals surface area contributed by atoms with Crippen molar-refractivity contribution in [1.29, 1.82) is 0 Å². The first-order valence-electron chi connectivity index (χ1n) is 13.0. The van der Waals surface area contributed by atoms with E-state index >= 15 is 0 Å². The molecule has 3 aromatic rings. The lowest BCUT2D eigenvalue weighted by Crippen LogP contribution is -2.39. The Balaban J connectivity index is 1.47. The van der Waals surface area contributed by atoms with E-state index in [1.165, 1.54) is 5.56 Å². The number of anilines is 1. The number of methoxy groups -OCH3 is 2. The van der Waals surface area contributed by atoms with Crippen molar-refractivity contribution >= 4 is 5.69 Å². The van der Waals surface area contributed by atoms with Gasteiger partial charge in [-0.2, -0.15) is 0 Å². The Hall–Kier alpha value is -3.10. The number of morpholine rings is 1. The standard InChI is InChI=1S/C28H37N5O3/c1-19(2)22-17-23(26(35-4)18-25(22)34-3)28-31-30-27-7-5-6-20-16-21(8-9-24(20)33(27)28)29-10-11-32-12-14-36-15-13-32/h8-9,16-19,29H,5-7,10-15H2,1-4H3. The molecule has 0 unspecified atom stereocenters. The number of hydrogen-bond donors (Lipinski definition) is 1. The minimum Gasteiger partial charge on any atom is -0.496 e. The molecule has 5 rings (SSSR count). The van der Waals surface area contributed by atoms with Crippen LogP contribution < -0.4 is 14.8 Å². The van der Waals surface area contributed by atoms with Crippen LogP contribution in [0.5, 0.6) is 11.5 Å². The Kier molecular flexibility index (Phi) is 7.43. The molecule has 2 aliphatic rings. The van der Waals surface area contributed by atoms with Crippen LogP contribution in [0.4, 0.5) is 5.69 Å². The van der Waals surface area contributed by atoms with Crippen molar-refractivity contribution in [2.75, 3.05) is 58.9 Å². The van der Waals surface area contributed by atoms with E-state index in [2.05, 4.69) is 63.1 Å². The minimum absolute atomic E-state index is 0.300. The second-order valence-electron chi connectivity index (χ2n) is 9.80. The van der Waals surface area contributed by atoms with Gasteiger partial charge < -0.3 is 19.5 Å². The first-order chi connectivity index (χ1) is 17.6. The first kappa shape index (κ1) is 24.6. The zero-order valence-corrected chi connectivity index (χ0v) is 21.8. The summed E-state index contributed by atoms with van der Waals surface area (Å²) in [5.41, 5.74) is 5.66. The van der Waals surface area contributed by atoms with E-state index in [9.17, 15) is 0 Å². The third-order valence-corrected chi connectivity index (χ3v) is 7.17. The monoisotopic (exact) mass is 491 g/mol. The number of nitrogens with one attached hydrogen (secondary N) is 1. The maximum Gasteiger partial charge on any atom is 0.172 e. The fourth-order valence-electron chi connectivity index (χ4n) is 5.19. The minimum atomic E-state index is 0.300. The predicted octanol–water partition coefficient (Wildman–Crippen LogP) is 4.31. The van der Waals surface area contributed by atoms with Crippen molar-refractivity contribution in [2.24, 2.45) is 0 Å². The van der Waals surface area contributed by atoms with E-state index < -0.39 is 0 Å². The molecule has 2 aliphatic heterocycles. The highest BCUT2D eigenvalue weighted by atomic mass is 16.5. The number of fused-ring (bicyclic) bond motifs is 3. The van der Waals surface area contributed by atoms with Gasteiger partial charge in [0.1, 0.15) is 17.3 Å². The molecule has 8 heteroatoms. The van der Waals surface area contributed by atoms with Crippen molar-refractivity contribution in [3.05, 3.63) is 47.3 Å². The topological polar surface area (TPSA) is 73.7 Å². The number of nitrogens with zero attached hydrogens (tertiary/aromatic N) is 4. The van der Waals surface area contributed by atoms with Crippen LogP contribution in [-0.2, 0) is 17.6 Å². The SMILES string of the molecule is COc1cc(OC)c(C(C)C)cc1-c1nnc2n1-c1ccc(NCCN3CCOCC3)cc1CCC2. The molecule has 8 nitrogen and oxygen atoms in total. The van der Waals surface area contributed by atoms with Crippen molar-refractivity contribution in [3.63, 3.8) is 0 Å². The summed E-state index contributed by atoms with van der Waals surface area (Å²) in [5.74, 6) is 3.66. The number of aryl methyl sites for hydroxylation is 2. The van der Waals surface area contributed by atoms with Gasteiger partial charge >= 0.3 is 0 Å². The molecule has 192 valence electrons. The van der Waals surface area contributed by atoms with Gasteiger partial charge in [0.25, 0.3) is 0 Å². The van der Waals surface area contributed by atoms with Gasteiger partial charge in [0, 0.05) is 44.4 Å². The summed E-state index contributed by atoms with van der Waals surface area (Å²) in [6, 6.07) is 10.8. The molecule has 3 heterocycles. The molecule has 2 aromatic carbocycles. The highest BCUT2D eigenvalue weighted by Crippen LogP contribution is 2.40. The Bertz CT molecular complexity index is 1200. The lowest BCUT2D eigenvalue weighted by atomic mass is 9.98. The van der Waals surface area contributed by atoms with Crippen LogP contribution in [0.25, 0.3) is 17.1 Å². The molecule has 36 heavy (non-hydrogen) atoms. The van der Waals surface area contributed by atoms with E-state index in [4.69, 9.17) is 14.2 Å². The molecule has 1 aromatic heterocycles. The summed E-state index contributed by atoms with van der Waals surface area (Å²) >= 11 is 0. The summed E-state index contributed by atoms with van der Waals surface area (Å²) in [6.45, 7) is 9.97. The second-order valence-corrected chi connectivity index (χ2v) is 9.80. The van der Waals surface area contributed by atoms with Gasteiger partial charge in [-0.15, -0.1) is 10.2 Å². The maximum absolute atomic E-state index is 5.79. The van der Waals surface area contributed by atoms with E-state index in [0.29, 0.717) is 5.92 Å². The molecule has 0 radical (unpaired) electrons. The molecule has 0 saturated carbocycles. The van der Waals surface area contributed by atoms with Crippen LogP contribution in [0, 0.1) is 0 Å². The Morgan fingerprint density at radius 2 is 1.81 bits per heavy atom. The van der Waals surface area contributed by atoms with Crippen LogP contribution in [0.15, 0.2) is 30.3 Å². The fraction of sp³-hybridized carbons (Fsp3) is 0.500. The predicted molar refractivity (Wildman–Crippen MR) is 142 cm³/mol. The van der Waals surface area contributed by atoms with E-state index in [-0.39, 0.29) is 0 Å². The largest absolute Gasteiger partial charge is 0.496 e. The highest BCUT2D eigenvalue weighted by Gasteiger charge is 2.25. The third kappa shape index (κ3) is 4.92. The summed E-state index contributed by atoms with van der Waals surface area (Å²) in [6.07, 6.45) is 2.93. The van der Waals surface area contributed by atoms with E-state index in [1.54, 1.807) is 14.2 Å². The second kappa shape index (κ2) is 10.9. The Morgan fingerprint density at radius 1 is 1.00 bits per heavy atom. The van der Waals surface area contributed by atoms with Gasteiger partial charge in [-0.1, -0.05) is 13.8 Å². The summed E-state index contributed by atoms with van der Waals surface area (Å²) in [5, 5.41) is 12.9. The van der Waals surface area contributed by atoms with E-state index in [0.717, 1.165) is 104 Å². The van der Waals surface area contributed by atoms with Crippen LogP contribution >= 0.6 is 0 Å². The molecular formula is C28H37N5O3. The molecule has 0 aliphatic carbocycles. The molecule has 0 bridgehead atoms. The van der Waals surface area contributed by atoms with Crippen LogP contribution in [-0.4, -0.2) is 73.3 Å². The van der Waals surface area contributed by atoms with Crippen LogP contribution in [0.1, 0.15) is 43.1 Å². The quantitative estimate of drug-likeness (QED) is 0.503. The molecule has 0 atom stereocenters. The number of aromatic nitrogens is 3. The Labute approximate surface area is 213 Å². The van der Waals surface area contributed by atoms with Gasteiger partial charge in [-0.25, -0.2) is 0 Å². The zero-order chi connectivity index (χ0) is 25.1. The van der Waals surface area contributed by atoms with Crippen molar-refractivity contribution < 1.29 is 14.2 Å². The lowest BCUT2D eigenvalue weighted by molar-refractivity contribution is 0.0398. The number of ether oxygens (including phenoxy) is 3. The maximum atomic E-state index is 5.79. The molecule has 1 N–H and O–H groups in total. The summed E-state index contributed by atoms with van der Waals surface area (Å²) in [7, 11) is 3.39. The molecule has 0 spiro atoms. The average Bonchev–Trinajstić information content (AvgIpc) is 3.23. The van der Waals surface area contributed by atoms with Crippen LogP contribution in [0.2, 0.25) is 0 Å². The molecule has 0 amide bonds. The van der Waals surface area contributed by atoms with Gasteiger partial charge in [-0.3, -0.25) is 9.47 Å². The molecule has 1 saturated heterocycles. The number of benzene rings is 2. The third-order valence-electron chi connectivity index (χ3n) is 7.17. The van der Waals surface area contributed by atoms with Gasteiger partial charge in [-0.05, 0) is 54.2 Å². The summed E-state index contributed by atoms with van der Waals surface area (Å²) < 4.78 is 19.1. The van der Waals surface area contributed by atoms with Crippen molar-refractivity contribution in [3.8, 4) is 28.6 Å². The number of rotatable bonds is 8. The van der Waals surface area contributed by atoms with Gasteiger partial charge in [0.2, 0.25) is 0 Å². The molecule has 1 fully saturated rings. The first-order valence-corrected chi connectivity index (χ1v) is 13.0. The zero-order valence-electron chi connectivity index (χ0n) is 21.8. The fourth-order valence-corrected chi connectivity index (χ4v) is 5.19. The van der Waals surface area contributed by atoms with Gasteiger partial charge in [0.05, 0.1) is 38.7 Å². The molecular weight excluding hydrogens is 454 g/mol.